The van der Waals surface area contributed by atoms with Crippen LogP contribution in [-0.4, -0.2) is 0 Å². The molecule has 5 atom stereocenters. The van der Waals surface area contributed by atoms with Crippen LogP contribution in [0.3, 0.4) is 0 Å². The molecule has 0 aliphatic heterocycles. The van der Waals surface area contributed by atoms with Crippen LogP contribution in [0.2, 0.25) is 0 Å². The van der Waals surface area contributed by atoms with Gasteiger partial charge in [-0.05, 0) is 136 Å². The van der Waals surface area contributed by atoms with Gasteiger partial charge >= 0.3 is 0 Å². The van der Waals surface area contributed by atoms with Crippen molar-refractivity contribution in [1.82, 2.24) is 0 Å². The van der Waals surface area contributed by atoms with E-state index in [1.807, 2.05) is 6.07 Å². The first-order valence-corrected chi connectivity index (χ1v) is 12.5. The number of fused-ring (bicyclic) bond motifs is 2. The van der Waals surface area contributed by atoms with Gasteiger partial charge in [0.05, 0.1) is 0 Å². The second kappa shape index (κ2) is 8.31. The predicted molar refractivity (Wildman–Crippen MR) is 115 cm³/mol. The minimum Gasteiger partial charge on any atom is -0.204 e. The first-order chi connectivity index (χ1) is 14.1. The number of hydrogen-bond donors (Lipinski definition) is 0. The molecule has 4 aliphatic carbocycles. The van der Waals surface area contributed by atoms with E-state index in [1.54, 1.807) is 0 Å². The van der Waals surface area contributed by atoms with Gasteiger partial charge in [0, 0.05) is 0 Å². The van der Waals surface area contributed by atoms with Gasteiger partial charge in [-0.1, -0.05) is 19.4 Å². The summed E-state index contributed by atoms with van der Waals surface area (Å²) in [5, 5.41) is 0. The van der Waals surface area contributed by atoms with Crippen LogP contribution >= 0.6 is 0 Å². The van der Waals surface area contributed by atoms with Crippen molar-refractivity contribution in [2.24, 2.45) is 41.4 Å². The third kappa shape index (κ3) is 4.02. The zero-order chi connectivity index (χ0) is 20.0. The lowest BCUT2D eigenvalue weighted by Gasteiger charge is -2.45. The van der Waals surface area contributed by atoms with Crippen LogP contribution in [0.25, 0.3) is 0 Å². The molecule has 0 aromatic heterocycles. The molecule has 3 saturated carbocycles. The van der Waals surface area contributed by atoms with Gasteiger partial charge in [-0.15, -0.1) is 0 Å². The Balaban J connectivity index is 1.15. The molecular formula is C27H38F2. The van der Waals surface area contributed by atoms with Crippen molar-refractivity contribution in [2.45, 2.75) is 90.4 Å². The van der Waals surface area contributed by atoms with E-state index in [0.717, 1.165) is 60.3 Å². The maximum absolute atomic E-state index is 14.1. The van der Waals surface area contributed by atoms with E-state index in [-0.39, 0.29) is 0 Å². The fraction of sp³-hybridized carbons (Fsp3) is 0.778. The summed E-state index contributed by atoms with van der Waals surface area (Å²) in [4.78, 5) is 0. The van der Waals surface area contributed by atoms with Crippen LogP contribution in [0.5, 0.6) is 0 Å². The normalized spacial score (nSPS) is 40.2. The lowest BCUT2D eigenvalue weighted by molar-refractivity contribution is 0.0574. The Labute approximate surface area is 175 Å². The molecule has 5 rings (SSSR count). The molecular weight excluding hydrogens is 362 g/mol. The Morgan fingerprint density at radius 2 is 1.24 bits per heavy atom. The lowest BCUT2D eigenvalue weighted by Crippen LogP contribution is -2.35. The predicted octanol–water partition coefficient (Wildman–Crippen LogP) is 7.73. The molecule has 160 valence electrons. The van der Waals surface area contributed by atoms with E-state index in [9.17, 15) is 8.78 Å². The van der Waals surface area contributed by atoms with E-state index < -0.39 is 11.6 Å². The fourth-order valence-electron chi connectivity index (χ4n) is 7.89. The van der Waals surface area contributed by atoms with Gasteiger partial charge < -0.3 is 0 Å². The molecule has 0 bridgehead atoms. The molecule has 4 aliphatic rings. The van der Waals surface area contributed by atoms with Crippen molar-refractivity contribution < 1.29 is 8.78 Å². The largest absolute Gasteiger partial charge is 0.204 e. The van der Waals surface area contributed by atoms with Crippen molar-refractivity contribution in [3.63, 3.8) is 0 Å². The third-order valence-corrected chi connectivity index (χ3v) is 9.61. The van der Waals surface area contributed by atoms with Crippen LogP contribution in [-0.2, 0) is 12.8 Å². The van der Waals surface area contributed by atoms with Crippen molar-refractivity contribution in [3.8, 4) is 0 Å². The molecule has 3 fully saturated rings. The highest BCUT2D eigenvalue weighted by atomic mass is 19.2. The molecule has 5 unspecified atom stereocenters. The quantitative estimate of drug-likeness (QED) is 0.476. The Morgan fingerprint density at radius 1 is 0.655 bits per heavy atom. The maximum atomic E-state index is 14.1. The van der Waals surface area contributed by atoms with Gasteiger partial charge in [-0.2, -0.15) is 0 Å². The SMILES string of the molecule is CC1CCC2CC(C3CCC(C4CCc5c(ccc(F)c5F)C4)CC3)CCC2C1. The monoisotopic (exact) mass is 400 g/mol. The molecule has 2 heteroatoms. The number of benzene rings is 1. The van der Waals surface area contributed by atoms with Crippen LogP contribution in [0, 0.1) is 53.1 Å². The van der Waals surface area contributed by atoms with Gasteiger partial charge in [0.2, 0.25) is 0 Å². The van der Waals surface area contributed by atoms with E-state index in [1.165, 1.54) is 70.3 Å². The first kappa shape index (κ1) is 20.0. The molecule has 0 heterocycles. The first-order valence-electron chi connectivity index (χ1n) is 12.5. The maximum Gasteiger partial charge on any atom is 0.162 e. The minimum absolute atomic E-state index is 0.586. The second-order valence-electron chi connectivity index (χ2n) is 11.2. The van der Waals surface area contributed by atoms with E-state index in [0.29, 0.717) is 11.5 Å². The molecule has 0 nitrogen and oxygen atoms in total. The topological polar surface area (TPSA) is 0 Å². The highest BCUT2D eigenvalue weighted by Crippen LogP contribution is 2.50. The second-order valence-corrected chi connectivity index (χ2v) is 11.2. The fourth-order valence-corrected chi connectivity index (χ4v) is 7.89. The Kier molecular flexibility index (Phi) is 5.73. The lowest BCUT2D eigenvalue weighted by atomic mass is 9.60. The van der Waals surface area contributed by atoms with E-state index in [2.05, 4.69) is 6.92 Å². The van der Waals surface area contributed by atoms with Crippen LogP contribution in [0.1, 0.15) is 88.7 Å². The van der Waals surface area contributed by atoms with Gasteiger partial charge in [-0.25, -0.2) is 8.78 Å². The standard InChI is InChI=1S/C27H38F2/c1-17-2-3-23-15-21(9-8-20(23)14-17)18-4-6-19(7-5-18)22-10-12-25-24(16-22)11-13-26(28)27(25)29/h11,13,17-23H,2-10,12,14-16H2,1H3. The minimum atomic E-state index is -0.676. The summed E-state index contributed by atoms with van der Waals surface area (Å²) in [6.07, 6.45) is 17.3. The zero-order valence-electron chi connectivity index (χ0n) is 18.1. The molecule has 0 amide bonds. The van der Waals surface area contributed by atoms with Gasteiger partial charge in [0.1, 0.15) is 0 Å². The van der Waals surface area contributed by atoms with Crippen molar-refractivity contribution >= 4 is 0 Å². The number of hydrogen-bond acceptors (Lipinski definition) is 0. The molecule has 0 saturated heterocycles. The molecule has 1 aromatic carbocycles. The Hall–Kier alpha value is -0.920. The summed E-state index contributed by atoms with van der Waals surface area (Å²) in [6, 6.07) is 3.17. The van der Waals surface area contributed by atoms with Crippen LogP contribution in [0.15, 0.2) is 12.1 Å². The summed E-state index contributed by atoms with van der Waals surface area (Å²) in [5.74, 6) is 5.23. The van der Waals surface area contributed by atoms with Crippen molar-refractivity contribution in [2.75, 3.05) is 0 Å². The third-order valence-electron chi connectivity index (χ3n) is 9.61. The van der Waals surface area contributed by atoms with Crippen LogP contribution in [0.4, 0.5) is 8.78 Å². The summed E-state index contributed by atoms with van der Waals surface area (Å²) in [6.45, 7) is 2.46. The molecule has 0 spiro atoms. The summed E-state index contributed by atoms with van der Waals surface area (Å²) < 4.78 is 27.6. The van der Waals surface area contributed by atoms with Gasteiger partial charge in [0.15, 0.2) is 11.6 Å². The summed E-state index contributed by atoms with van der Waals surface area (Å²) >= 11 is 0. The zero-order valence-corrected chi connectivity index (χ0v) is 18.1. The smallest absolute Gasteiger partial charge is 0.162 e. The average Bonchev–Trinajstić information content (AvgIpc) is 2.76. The number of halogens is 2. The molecule has 0 radical (unpaired) electrons. The van der Waals surface area contributed by atoms with Gasteiger partial charge in [-0.3, -0.25) is 0 Å². The Bertz CT molecular complexity index is 717. The summed E-state index contributed by atoms with van der Waals surface area (Å²) in [5.41, 5.74) is 1.74. The highest BCUT2D eigenvalue weighted by molar-refractivity contribution is 5.32. The van der Waals surface area contributed by atoms with E-state index >= 15 is 0 Å². The van der Waals surface area contributed by atoms with Crippen molar-refractivity contribution in [3.05, 3.63) is 34.9 Å². The summed E-state index contributed by atoms with van der Waals surface area (Å²) in [7, 11) is 0. The van der Waals surface area contributed by atoms with Crippen LogP contribution < -0.4 is 0 Å². The molecule has 29 heavy (non-hydrogen) atoms. The highest BCUT2D eigenvalue weighted by Gasteiger charge is 2.39. The average molecular weight is 401 g/mol. The van der Waals surface area contributed by atoms with Crippen molar-refractivity contribution in [1.29, 1.82) is 0 Å². The molecule has 0 N–H and O–H groups in total. The number of rotatable bonds is 2. The Morgan fingerprint density at radius 3 is 2.00 bits per heavy atom. The van der Waals surface area contributed by atoms with E-state index in [4.69, 9.17) is 0 Å². The van der Waals surface area contributed by atoms with Gasteiger partial charge in [0.25, 0.3) is 0 Å². The molecule has 1 aromatic rings.